The third kappa shape index (κ3) is 6.38. The number of aliphatic hydroxyl groups is 1. The largest absolute Gasteiger partial charge is 0.393 e. The second-order valence-electron chi connectivity index (χ2n) is 7.29. The Morgan fingerprint density at radius 2 is 1.92 bits per heavy atom. The van der Waals surface area contributed by atoms with Gasteiger partial charge in [-0.15, -0.1) is 0 Å². The number of halogens is 2. The summed E-state index contributed by atoms with van der Waals surface area (Å²) < 4.78 is 26.3. The first-order chi connectivity index (χ1) is 11.9. The van der Waals surface area contributed by atoms with Crippen molar-refractivity contribution in [3.63, 3.8) is 0 Å². The standard InChI is InChI=1S/C20H29F2NO2/c1-15(8-4-2-5-9-16-10-6-3-7-11-16)18(24)13-12-17-14-20(21,22)19(25)23-17/h3,6-7,10-11,15,17-18,24H,2,4-5,8-9,12-14H2,1H3,(H,23,25)/t15-,17-,18+/m0/s1. The Labute approximate surface area is 148 Å². The van der Waals surface area contributed by atoms with E-state index in [1.165, 1.54) is 5.56 Å². The summed E-state index contributed by atoms with van der Waals surface area (Å²) in [6, 6.07) is 9.88. The highest BCUT2D eigenvalue weighted by Gasteiger charge is 2.47. The number of aliphatic hydroxyl groups excluding tert-OH is 1. The van der Waals surface area contributed by atoms with Gasteiger partial charge in [0.15, 0.2) is 0 Å². The second kappa shape index (κ2) is 9.27. The molecular weight excluding hydrogens is 324 g/mol. The number of aryl methyl sites for hydroxylation is 1. The molecule has 0 saturated carbocycles. The first-order valence-corrected chi connectivity index (χ1v) is 9.29. The van der Waals surface area contributed by atoms with E-state index in [0.29, 0.717) is 12.8 Å². The van der Waals surface area contributed by atoms with Gasteiger partial charge in [-0.3, -0.25) is 4.79 Å². The average molecular weight is 353 g/mol. The summed E-state index contributed by atoms with van der Waals surface area (Å²) in [4.78, 5) is 11.1. The van der Waals surface area contributed by atoms with E-state index in [1.54, 1.807) is 0 Å². The molecule has 3 nitrogen and oxygen atoms in total. The van der Waals surface area contributed by atoms with Gasteiger partial charge in [0.05, 0.1) is 6.10 Å². The summed E-state index contributed by atoms with van der Waals surface area (Å²) in [5.41, 5.74) is 1.35. The van der Waals surface area contributed by atoms with Gasteiger partial charge in [-0.2, -0.15) is 8.78 Å². The molecule has 0 bridgehead atoms. The van der Waals surface area contributed by atoms with E-state index in [1.807, 2.05) is 13.0 Å². The highest BCUT2D eigenvalue weighted by atomic mass is 19.3. The number of nitrogens with one attached hydrogen (secondary N) is 1. The van der Waals surface area contributed by atoms with Gasteiger partial charge in [-0.25, -0.2) is 0 Å². The molecule has 1 saturated heterocycles. The van der Waals surface area contributed by atoms with Gasteiger partial charge in [-0.1, -0.05) is 50.1 Å². The molecular formula is C20H29F2NO2. The van der Waals surface area contributed by atoms with Crippen LogP contribution >= 0.6 is 0 Å². The van der Waals surface area contributed by atoms with E-state index in [9.17, 15) is 18.7 Å². The van der Waals surface area contributed by atoms with E-state index in [4.69, 9.17) is 0 Å². The van der Waals surface area contributed by atoms with E-state index in [-0.39, 0.29) is 5.92 Å². The van der Waals surface area contributed by atoms with Crippen LogP contribution in [0.3, 0.4) is 0 Å². The number of unbranched alkanes of at least 4 members (excludes halogenated alkanes) is 2. The zero-order valence-corrected chi connectivity index (χ0v) is 14.9. The van der Waals surface area contributed by atoms with Crippen molar-refractivity contribution in [2.75, 3.05) is 0 Å². The zero-order valence-electron chi connectivity index (χ0n) is 14.9. The average Bonchev–Trinajstić information content (AvgIpc) is 2.85. The van der Waals surface area contributed by atoms with Gasteiger partial charge in [0.25, 0.3) is 5.91 Å². The minimum absolute atomic E-state index is 0.148. The molecule has 1 aromatic carbocycles. The van der Waals surface area contributed by atoms with Crippen LogP contribution in [0.4, 0.5) is 8.78 Å². The van der Waals surface area contributed by atoms with E-state index >= 15 is 0 Å². The van der Waals surface area contributed by atoms with E-state index in [0.717, 1.165) is 32.1 Å². The van der Waals surface area contributed by atoms with E-state index in [2.05, 4.69) is 29.6 Å². The fourth-order valence-electron chi connectivity index (χ4n) is 3.38. The molecule has 0 spiro atoms. The summed E-state index contributed by atoms with van der Waals surface area (Å²) in [5, 5.41) is 12.5. The van der Waals surface area contributed by atoms with Crippen molar-refractivity contribution in [2.45, 2.75) is 76.4 Å². The molecule has 25 heavy (non-hydrogen) atoms. The maximum Gasteiger partial charge on any atom is 0.326 e. The lowest BCUT2D eigenvalue weighted by atomic mass is 9.92. The first kappa shape index (κ1) is 19.8. The summed E-state index contributed by atoms with van der Waals surface area (Å²) in [6.45, 7) is 2.00. The van der Waals surface area contributed by atoms with Crippen LogP contribution in [0.1, 0.15) is 57.4 Å². The molecule has 1 amide bonds. The molecule has 1 aromatic rings. The molecule has 140 valence electrons. The maximum atomic E-state index is 13.2. The van der Waals surface area contributed by atoms with Crippen molar-refractivity contribution in [3.05, 3.63) is 35.9 Å². The SMILES string of the molecule is C[C@@H](CCCCCc1ccccc1)[C@H](O)CC[C@H]1CC(F)(F)C(=O)N1. The Bertz CT molecular complexity index is 536. The molecule has 1 aliphatic rings. The quantitative estimate of drug-likeness (QED) is 0.623. The van der Waals surface area contributed by atoms with Gasteiger partial charge in [-0.05, 0) is 43.6 Å². The van der Waals surface area contributed by atoms with Crippen LogP contribution in [0.5, 0.6) is 0 Å². The van der Waals surface area contributed by atoms with Crippen molar-refractivity contribution < 1.29 is 18.7 Å². The fraction of sp³-hybridized carbons (Fsp3) is 0.650. The highest BCUT2D eigenvalue weighted by molar-refractivity contribution is 5.85. The van der Waals surface area contributed by atoms with Crippen molar-refractivity contribution in [1.29, 1.82) is 0 Å². The predicted octanol–water partition coefficient (Wildman–Crippen LogP) is 4.09. The minimum Gasteiger partial charge on any atom is -0.393 e. The van der Waals surface area contributed by atoms with Crippen LogP contribution < -0.4 is 5.32 Å². The Balaban J connectivity index is 1.56. The number of carbonyl (C=O) groups is 1. The lowest BCUT2D eigenvalue weighted by Gasteiger charge is -2.20. The number of carbonyl (C=O) groups excluding carboxylic acids is 1. The smallest absolute Gasteiger partial charge is 0.326 e. The highest BCUT2D eigenvalue weighted by Crippen LogP contribution is 2.29. The Hall–Kier alpha value is -1.49. The summed E-state index contributed by atoms with van der Waals surface area (Å²) in [7, 11) is 0. The Morgan fingerprint density at radius 1 is 1.20 bits per heavy atom. The topological polar surface area (TPSA) is 49.3 Å². The second-order valence-corrected chi connectivity index (χ2v) is 7.29. The number of amides is 1. The van der Waals surface area contributed by atoms with Gasteiger partial charge < -0.3 is 10.4 Å². The van der Waals surface area contributed by atoms with Crippen molar-refractivity contribution in [2.24, 2.45) is 5.92 Å². The number of alkyl halides is 2. The molecule has 2 N–H and O–H groups in total. The number of benzene rings is 1. The molecule has 3 atom stereocenters. The molecule has 1 fully saturated rings. The van der Waals surface area contributed by atoms with Crippen molar-refractivity contribution in [1.82, 2.24) is 5.32 Å². The summed E-state index contributed by atoms with van der Waals surface area (Å²) >= 11 is 0. The van der Waals surface area contributed by atoms with Gasteiger partial charge in [0, 0.05) is 12.5 Å². The molecule has 0 unspecified atom stereocenters. The van der Waals surface area contributed by atoms with Gasteiger partial charge in [0.1, 0.15) is 0 Å². The predicted molar refractivity (Wildman–Crippen MR) is 94.5 cm³/mol. The zero-order chi connectivity index (χ0) is 18.3. The van der Waals surface area contributed by atoms with Gasteiger partial charge in [0.2, 0.25) is 0 Å². The summed E-state index contributed by atoms with van der Waals surface area (Å²) in [5.74, 6) is -4.28. The van der Waals surface area contributed by atoms with Crippen LogP contribution in [0.2, 0.25) is 0 Å². The number of hydrogen-bond donors (Lipinski definition) is 2. The normalized spacial score (nSPS) is 21.8. The van der Waals surface area contributed by atoms with Gasteiger partial charge >= 0.3 is 5.92 Å². The lowest BCUT2D eigenvalue weighted by Crippen LogP contribution is -2.31. The number of rotatable bonds is 10. The maximum absolute atomic E-state index is 13.2. The molecule has 0 radical (unpaired) electrons. The van der Waals surface area contributed by atoms with Crippen LogP contribution in [0, 0.1) is 5.92 Å². The molecule has 0 aromatic heterocycles. The monoisotopic (exact) mass is 353 g/mol. The van der Waals surface area contributed by atoms with E-state index < -0.39 is 30.4 Å². The number of hydrogen-bond acceptors (Lipinski definition) is 2. The molecule has 1 aliphatic heterocycles. The molecule has 2 rings (SSSR count). The Kier molecular flexibility index (Phi) is 7.36. The fourth-order valence-corrected chi connectivity index (χ4v) is 3.38. The van der Waals surface area contributed by atoms with Crippen LogP contribution in [0.25, 0.3) is 0 Å². The van der Waals surface area contributed by atoms with Crippen molar-refractivity contribution >= 4 is 5.91 Å². The summed E-state index contributed by atoms with van der Waals surface area (Å²) in [6.07, 6.45) is 5.23. The lowest BCUT2D eigenvalue weighted by molar-refractivity contribution is -0.139. The third-order valence-corrected chi connectivity index (χ3v) is 5.11. The van der Waals surface area contributed by atoms with Crippen molar-refractivity contribution in [3.8, 4) is 0 Å². The molecule has 5 heteroatoms. The van der Waals surface area contributed by atoms with Crippen LogP contribution in [-0.4, -0.2) is 29.1 Å². The third-order valence-electron chi connectivity index (χ3n) is 5.11. The first-order valence-electron chi connectivity index (χ1n) is 9.29. The molecule has 1 heterocycles. The van der Waals surface area contributed by atoms with Crippen LogP contribution in [0.15, 0.2) is 30.3 Å². The molecule has 0 aliphatic carbocycles. The van der Waals surface area contributed by atoms with Crippen LogP contribution in [-0.2, 0) is 11.2 Å². The Morgan fingerprint density at radius 3 is 2.56 bits per heavy atom. The minimum atomic E-state index is -3.25.